The molecule has 1 heterocycles. The molecular weight excluding hydrogens is 184 g/mol. The maximum absolute atomic E-state index is 6.14. The summed E-state index contributed by atoms with van der Waals surface area (Å²) < 4.78 is 6.14. The van der Waals surface area contributed by atoms with Gasteiger partial charge in [0.2, 0.25) is 0 Å². The largest absolute Gasteiger partial charge is 0.375 e. The lowest BCUT2D eigenvalue weighted by Crippen LogP contribution is -2.41. The Balaban J connectivity index is 2.66. The van der Waals surface area contributed by atoms with E-state index in [-0.39, 0.29) is 0 Å². The van der Waals surface area contributed by atoms with Gasteiger partial charge in [-0.25, -0.2) is 0 Å². The number of rotatable bonds is 2. The van der Waals surface area contributed by atoms with Crippen LogP contribution in [0.4, 0.5) is 0 Å². The Hall–Kier alpha value is -0.0400. The summed E-state index contributed by atoms with van der Waals surface area (Å²) in [6.07, 6.45) is 4.73. The van der Waals surface area contributed by atoms with E-state index in [2.05, 4.69) is 41.5 Å². The average molecular weight is 212 g/mol. The lowest BCUT2D eigenvalue weighted by atomic mass is 9.71. The highest BCUT2D eigenvalue weighted by atomic mass is 16.5. The van der Waals surface area contributed by atoms with Crippen LogP contribution in [0.1, 0.15) is 60.8 Å². The Morgan fingerprint density at radius 3 is 2.27 bits per heavy atom. The quantitative estimate of drug-likeness (QED) is 0.664. The fraction of sp³-hybridized carbons (Fsp3) is 1.00. The van der Waals surface area contributed by atoms with Crippen LogP contribution in [0.15, 0.2) is 0 Å². The molecule has 0 aromatic heterocycles. The SMILES string of the molecule is CC(C)CC1OC(C)CCC1C(C)(C)C. The van der Waals surface area contributed by atoms with Crippen molar-refractivity contribution in [1.29, 1.82) is 0 Å². The van der Waals surface area contributed by atoms with Gasteiger partial charge in [0.05, 0.1) is 12.2 Å². The monoisotopic (exact) mass is 212 g/mol. The molecule has 1 nitrogen and oxygen atoms in total. The van der Waals surface area contributed by atoms with Gasteiger partial charge >= 0.3 is 0 Å². The van der Waals surface area contributed by atoms with Gasteiger partial charge in [0.25, 0.3) is 0 Å². The molecule has 0 bridgehead atoms. The third-order valence-electron chi connectivity index (χ3n) is 3.56. The molecule has 3 atom stereocenters. The zero-order valence-corrected chi connectivity index (χ0v) is 11.3. The van der Waals surface area contributed by atoms with E-state index in [1.54, 1.807) is 0 Å². The molecule has 0 N–H and O–H groups in total. The molecular formula is C14H28O. The molecule has 3 unspecified atom stereocenters. The average Bonchev–Trinajstić information content (AvgIpc) is 1.99. The zero-order chi connectivity index (χ0) is 11.6. The van der Waals surface area contributed by atoms with Crippen molar-refractivity contribution in [2.75, 3.05) is 0 Å². The first-order chi connectivity index (χ1) is 6.80. The zero-order valence-electron chi connectivity index (χ0n) is 11.3. The second-order valence-electron chi connectivity index (χ2n) is 6.66. The molecule has 15 heavy (non-hydrogen) atoms. The van der Waals surface area contributed by atoms with Crippen molar-refractivity contribution in [1.82, 2.24) is 0 Å². The van der Waals surface area contributed by atoms with Gasteiger partial charge in [-0.15, -0.1) is 0 Å². The highest BCUT2D eigenvalue weighted by Gasteiger charge is 2.37. The van der Waals surface area contributed by atoms with E-state index in [0.717, 1.165) is 11.8 Å². The molecule has 1 aliphatic heterocycles. The van der Waals surface area contributed by atoms with Crippen LogP contribution in [0.2, 0.25) is 0 Å². The van der Waals surface area contributed by atoms with Crippen LogP contribution in [0, 0.1) is 17.3 Å². The lowest BCUT2D eigenvalue weighted by Gasteiger charge is -2.43. The Labute approximate surface area is 95.6 Å². The topological polar surface area (TPSA) is 9.23 Å². The van der Waals surface area contributed by atoms with Crippen LogP contribution in [-0.2, 0) is 4.74 Å². The van der Waals surface area contributed by atoms with E-state index in [1.807, 2.05) is 0 Å². The van der Waals surface area contributed by atoms with Gasteiger partial charge in [0, 0.05) is 0 Å². The van der Waals surface area contributed by atoms with Crippen LogP contribution >= 0.6 is 0 Å². The van der Waals surface area contributed by atoms with Gasteiger partial charge in [-0.1, -0.05) is 34.6 Å². The second kappa shape index (κ2) is 4.86. The summed E-state index contributed by atoms with van der Waals surface area (Å²) in [4.78, 5) is 0. The first-order valence-corrected chi connectivity index (χ1v) is 6.46. The number of ether oxygens (including phenoxy) is 1. The molecule has 1 saturated heterocycles. The van der Waals surface area contributed by atoms with Crippen molar-refractivity contribution in [2.24, 2.45) is 17.3 Å². The van der Waals surface area contributed by atoms with E-state index in [0.29, 0.717) is 17.6 Å². The van der Waals surface area contributed by atoms with Crippen molar-refractivity contribution in [3.05, 3.63) is 0 Å². The standard InChI is InChI=1S/C14H28O/c1-10(2)9-13-12(14(4,5)6)8-7-11(3)15-13/h10-13H,7-9H2,1-6H3. The van der Waals surface area contributed by atoms with Gasteiger partial charge in [-0.05, 0) is 43.4 Å². The smallest absolute Gasteiger partial charge is 0.0614 e. The van der Waals surface area contributed by atoms with Crippen LogP contribution in [0.3, 0.4) is 0 Å². The van der Waals surface area contributed by atoms with E-state index in [9.17, 15) is 0 Å². The lowest BCUT2D eigenvalue weighted by molar-refractivity contribution is -0.110. The number of hydrogen-bond donors (Lipinski definition) is 0. The van der Waals surface area contributed by atoms with E-state index in [1.165, 1.54) is 19.3 Å². The van der Waals surface area contributed by atoms with Crippen LogP contribution in [0.25, 0.3) is 0 Å². The maximum atomic E-state index is 6.14. The van der Waals surface area contributed by atoms with Crippen molar-refractivity contribution in [2.45, 2.75) is 73.0 Å². The third kappa shape index (κ3) is 3.79. The van der Waals surface area contributed by atoms with Gasteiger partial charge in [0.1, 0.15) is 0 Å². The van der Waals surface area contributed by atoms with Crippen molar-refractivity contribution in [3.63, 3.8) is 0 Å². The Bertz CT molecular complexity index is 188. The summed E-state index contributed by atoms with van der Waals surface area (Å²) in [6.45, 7) is 13.9. The molecule has 0 amide bonds. The minimum absolute atomic E-state index is 0.389. The molecule has 1 fully saturated rings. The molecule has 0 radical (unpaired) electrons. The molecule has 0 aliphatic carbocycles. The summed E-state index contributed by atoms with van der Waals surface area (Å²) in [5, 5.41) is 0. The predicted molar refractivity (Wildman–Crippen MR) is 66.0 cm³/mol. The molecule has 1 rings (SSSR count). The van der Waals surface area contributed by atoms with Crippen LogP contribution in [0.5, 0.6) is 0 Å². The number of hydrogen-bond acceptors (Lipinski definition) is 1. The molecule has 1 aliphatic rings. The summed E-state index contributed by atoms with van der Waals surface area (Å²) in [5.74, 6) is 1.47. The first-order valence-electron chi connectivity index (χ1n) is 6.46. The summed E-state index contributed by atoms with van der Waals surface area (Å²) in [6, 6.07) is 0. The highest BCUT2D eigenvalue weighted by molar-refractivity contribution is 4.86. The predicted octanol–water partition coefficient (Wildman–Crippen LogP) is 4.26. The van der Waals surface area contributed by atoms with Crippen molar-refractivity contribution >= 4 is 0 Å². The molecule has 0 aromatic carbocycles. The van der Waals surface area contributed by atoms with E-state index in [4.69, 9.17) is 4.74 Å². The van der Waals surface area contributed by atoms with Crippen LogP contribution < -0.4 is 0 Å². The van der Waals surface area contributed by atoms with Crippen molar-refractivity contribution < 1.29 is 4.74 Å². The summed E-state index contributed by atoms with van der Waals surface area (Å²) in [7, 11) is 0. The highest BCUT2D eigenvalue weighted by Crippen LogP contribution is 2.40. The van der Waals surface area contributed by atoms with Gasteiger partial charge < -0.3 is 4.74 Å². The van der Waals surface area contributed by atoms with Gasteiger partial charge in [0.15, 0.2) is 0 Å². The molecule has 90 valence electrons. The fourth-order valence-electron chi connectivity index (χ4n) is 2.74. The Kier molecular flexibility index (Phi) is 4.22. The Morgan fingerprint density at radius 2 is 1.80 bits per heavy atom. The van der Waals surface area contributed by atoms with Crippen molar-refractivity contribution in [3.8, 4) is 0 Å². The molecule has 0 spiro atoms. The van der Waals surface area contributed by atoms with E-state index >= 15 is 0 Å². The minimum atomic E-state index is 0.389. The van der Waals surface area contributed by atoms with Crippen LogP contribution in [-0.4, -0.2) is 12.2 Å². The Morgan fingerprint density at radius 1 is 1.20 bits per heavy atom. The maximum Gasteiger partial charge on any atom is 0.0614 e. The normalized spacial score (nSPS) is 33.4. The second-order valence-corrected chi connectivity index (χ2v) is 6.66. The van der Waals surface area contributed by atoms with Gasteiger partial charge in [-0.2, -0.15) is 0 Å². The fourth-order valence-corrected chi connectivity index (χ4v) is 2.74. The molecule has 1 heteroatoms. The minimum Gasteiger partial charge on any atom is -0.375 e. The molecule has 0 saturated carbocycles. The van der Waals surface area contributed by atoms with Gasteiger partial charge in [-0.3, -0.25) is 0 Å². The molecule has 0 aromatic rings. The summed E-state index contributed by atoms with van der Waals surface area (Å²) >= 11 is 0. The van der Waals surface area contributed by atoms with E-state index < -0.39 is 0 Å². The summed E-state index contributed by atoms with van der Waals surface area (Å²) in [5.41, 5.74) is 0.389. The third-order valence-corrected chi connectivity index (χ3v) is 3.56. The first kappa shape index (κ1) is 13.0.